The Morgan fingerprint density at radius 1 is 1.00 bits per heavy atom. The van der Waals surface area contributed by atoms with Gasteiger partial charge >= 0.3 is 0 Å². The highest BCUT2D eigenvalue weighted by molar-refractivity contribution is 7.15. The Morgan fingerprint density at radius 2 is 1.81 bits per heavy atom. The molecule has 5 aromatic rings. The van der Waals surface area contributed by atoms with Crippen LogP contribution in [0.1, 0.15) is 11.1 Å². The highest BCUT2D eigenvalue weighted by atomic mass is 32.1. The zero-order valence-electron chi connectivity index (χ0n) is 19.6. The summed E-state index contributed by atoms with van der Waals surface area (Å²) in [6.07, 6.45) is 3.49. The standard InChI is InChI=1S/C28H23N3O4S/c1-3-15-34-22-12-10-21(11-13-22)26-29-28-31(30-26)27(32)25(36-28)17-20-9-14-23(24(16-20)33-2)35-18-19-7-5-4-6-8-19/h3-14,16-17H,1,15,18H2,2H3/b25-17-. The summed E-state index contributed by atoms with van der Waals surface area (Å²) in [5, 5.41) is 4.42. The van der Waals surface area contributed by atoms with E-state index in [-0.39, 0.29) is 5.56 Å². The van der Waals surface area contributed by atoms with Gasteiger partial charge in [0.05, 0.1) is 11.6 Å². The fourth-order valence-corrected chi connectivity index (χ4v) is 4.50. The van der Waals surface area contributed by atoms with Crippen LogP contribution >= 0.6 is 11.3 Å². The summed E-state index contributed by atoms with van der Waals surface area (Å²) in [6.45, 7) is 4.51. The van der Waals surface area contributed by atoms with Crippen molar-refractivity contribution in [2.45, 2.75) is 6.61 Å². The summed E-state index contributed by atoms with van der Waals surface area (Å²) in [5.41, 5.74) is 2.47. The van der Waals surface area contributed by atoms with Gasteiger partial charge in [-0.3, -0.25) is 4.79 Å². The van der Waals surface area contributed by atoms with Crippen LogP contribution in [0.2, 0.25) is 0 Å². The van der Waals surface area contributed by atoms with Crippen molar-refractivity contribution in [2.24, 2.45) is 0 Å². The zero-order valence-corrected chi connectivity index (χ0v) is 20.4. The van der Waals surface area contributed by atoms with E-state index in [9.17, 15) is 4.79 Å². The van der Waals surface area contributed by atoms with Crippen LogP contribution < -0.4 is 24.3 Å². The lowest BCUT2D eigenvalue weighted by Gasteiger charge is -2.11. The molecule has 0 aliphatic carbocycles. The van der Waals surface area contributed by atoms with Crippen LogP contribution in [0.15, 0.2) is 90.2 Å². The number of rotatable bonds is 9. The van der Waals surface area contributed by atoms with Crippen LogP contribution in [-0.4, -0.2) is 28.3 Å². The van der Waals surface area contributed by atoms with E-state index < -0.39 is 0 Å². The number of ether oxygens (including phenoxy) is 3. The van der Waals surface area contributed by atoms with Gasteiger partial charge in [-0.2, -0.15) is 9.50 Å². The van der Waals surface area contributed by atoms with Gasteiger partial charge in [-0.05, 0) is 53.6 Å². The second-order valence-electron chi connectivity index (χ2n) is 7.85. The number of thiazole rings is 1. The van der Waals surface area contributed by atoms with Crippen LogP contribution in [0.3, 0.4) is 0 Å². The fraction of sp³-hybridized carbons (Fsp3) is 0.107. The minimum atomic E-state index is -0.219. The molecule has 36 heavy (non-hydrogen) atoms. The van der Waals surface area contributed by atoms with E-state index in [1.165, 1.54) is 15.9 Å². The largest absolute Gasteiger partial charge is 0.493 e. The molecule has 0 amide bonds. The summed E-state index contributed by atoms with van der Waals surface area (Å²) in [7, 11) is 1.59. The Kier molecular flexibility index (Phi) is 6.77. The van der Waals surface area contributed by atoms with Crippen molar-refractivity contribution in [3.63, 3.8) is 0 Å². The Balaban J connectivity index is 1.38. The Labute approximate surface area is 211 Å². The molecule has 2 aromatic heterocycles. The van der Waals surface area contributed by atoms with Crippen LogP contribution in [-0.2, 0) is 6.61 Å². The van der Waals surface area contributed by atoms with E-state index in [0.29, 0.717) is 40.0 Å². The first kappa shape index (κ1) is 23.3. The Morgan fingerprint density at radius 3 is 2.53 bits per heavy atom. The van der Waals surface area contributed by atoms with Gasteiger partial charge in [0, 0.05) is 5.56 Å². The molecule has 2 heterocycles. The van der Waals surface area contributed by atoms with Gasteiger partial charge < -0.3 is 14.2 Å². The monoisotopic (exact) mass is 497 g/mol. The van der Waals surface area contributed by atoms with Crippen LogP contribution in [0.25, 0.3) is 22.4 Å². The minimum absolute atomic E-state index is 0.219. The molecule has 0 atom stereocenters. The maximum absolute atomic E-state index is 13.0. The normalized spacial score (nSPS) is 11.5. The van der Waals surface area contributed by atoms with E-state index in [0.717, 1.165) is 22.4 Å². The van der Waals surface area contributed by atoms with Crippen LogP contribution in [0.5, 0.6) is 17.2 Å². The highest BCUT2D eigenvalue weighted by Crippen LogP contribution is 2.29. The molecule has 0 radical (unpaired) electrons. The van der Waals surface area contributed by atoms with Crippen molar-refractivity contribution in [3.8, 4) is 28.6 Å². The van der Waals surface area contributed by atoms with E-state index in [1.807, 2.05) is 72.8 Å². The molecular weight excluding hydrogens is 474 g/mol. The number of nitrogens with zero attached hydrogens (tertiary/aromatic N) is 3. The smallest absolute Gasteiger partial charge is 0.291 e. The summed E-state index contributed by atoms with van der Waals surface area (Å²) in [5.74, 6) is 2.44. The van der Waals surface area contributed by atoms with Gasteiger partial charge in [-0.15, -0.1) is 5.10 Å². The van der Waals surface area contributed by atoms with Gasteiger partial charge in [-0.25, -0.2) is 0 Å². The van der Waals surface area contributed by atoms with Gasteiger partial charge in [0.1, 0.15) is 19.0 Å². The van der Waals surface area contributed by atoms with Gasteiger partial charge in [-0.1, -0.05) is 60.4 Å². The third-order valence-corrected chi connectivity index (χ3v) is 6.34. The number of hydrogen-bond acceptors (Lipinski definition) is 7. The first-order chi connectivity index (χ1) is 17.6. The Bertz CT molecular complexity index is 1610. The minimum Gasteiger partial charge on any atom is -0.493 e. The average molecular weight is 498 g/mol. The first-order valence-electron chi connectivity index (χ1n) is 11.2. The summed E-state index contributed by atoms with van der Waals surface area (Å²) < 4.78 is 18.8. The van der Waals surface area contributed by atoms with E-state index >= 15 is 0 Å². The van der Waals surface area contributed by atoms with Gasteiger partial charge in [0.2, 0.25) is 4.96 Å². The summed E-state index contributed by atoms with van der Waals surface area (Å²) in [6, 6.07) is 22.9. The maximum atomic E-state index is 13.0. The lowest BCUT2D eigenvalue weighted by molar-refractivity contribution is 0.284. The quantitative estimate of drug-likeness (QED) is 0.279. The highest BCUT2D eigenvalue weighted by Gasteiger charge is 2.13. The van der Waals surface area contributed by atoms with Crippen molar-refractivity contribution in [2.75, 3.05) is 13.7 Å². The van der Waals surface area contributed by atoms with Crippen molar-refractivity contribution in [1.82, 2.24) is 14.6 Å². The second-order valence-corrected chi connectivity index (χ2v) is 8.86. The predicted octanol–water partition coefficient (Wildman–Crippen LogP) is 4.52. The molecule has 0 fully saturated rings. The van der Waals surface area contributed by atoms with E-state index in [1.54, 1.807) is 19.3 Å². The van der Waals surface area contributed by atoms with Crippen molar-refractivity contribution in [1.29, 1.82) is 0 Å². The van der Waals surface area contributed by atoms with E-state index in [4.69, 9.17) is 14.2 Å². The number of methoxy groups -OCH3 is 1. The third kappa shape index (κ3) is 4.99. The van der Waals surface area contributed by atoms with Gasteiger partial charge in [0.15, 0.2) is 17.3 Å². The van der Waals surface area contributed by atoms with E-state index in [2.05, 4.69) is 16.7 Å². The molecule has 7 nitrogen and oxygen atoms in total. The molecule has 0 saturated carbocycles. The molecule has 0 bridgehead atoms. The number of aromatic nitrogens is 3. The molecule has 0 aliphatic heterocycles. The summed E-state index contributed by atoms with van der Waals surface area (Å²) >= 11 is 1.29. The molecule has 0 N–H and O–H groups in total. The molecular formula is C28H23N3O4S. The first-order valence-corrected chi connectivity index (χ1v) is 12.1. The molecule has 0 aliphatic rings. The topological polar surface area (TPSA) is 75.0 Å². The SMILES string of the molecule is C=CCOc1ccc(-c2nc3s/c(=C\c4ccc(OCc5ccccc5)c(OC)c4)c(=O)n3n2)cc1. The molecule has 0 unspecified atom stereocenters. The molecule has 180 valence electrons. The third-order valence-electron chi connectivity index (χ3n) is 5.38. The molecule has 0 saturated heterocycles. The maximum Gasteiger partial charge on any atom is 0.291 e. The lowest BCUT2D eigenvalue weighted by atomic mass is 10.2. The molecule has 5 rings (SSSR count). The van der Waals surface area contributed by atoms with Crippen LogP contribution in [0, 0.1) is 0 Å². The van der Waals surface area contributed by atoms with Gasteiger partial charge in [0.25, 0.3) is 5.56 Å². The lowest BCUT2D eigenvalue weighted by Crippen LogP contribution is -2.23. The molecule has 8 heteroatoms. The zero-order chi connectivity index (χ0) is 24.9. The Hall–Kier alpha value is -4.43. The van der Waals surface area contributed by atoms with Crippen molar-refractivity contribution >= 4 is 22.4 Å². The number of hydrogen-bond donors (Lipinski definition) is 0. The van der Waals surface area contributed by atoms with Crippen LogP contribution in [0.4, 0.5) is 0 Å². The van der Waals surface area contributed by atoms with Crippen molar-refractivity contribution < 1.29 is 14.2 Å². The number of fused-ring (bicyclic) bond motifs is 1. The summed E-state index contributed by atoms with van der Waals surface area (Å²) in [4.78, 5) is 18.1. The average Bonchev–Trinajstić information content (AvgIpc) is 3.46. The van der Waals surface area contributed by atoms with Crippen molar-refractivity contribution in [3.05, 3.63) is 111 Å². The molecule has 3 aromatic carbocycles. The second kappa shape index (κ2) is 10.5. The molecule has 0 spiro atoms. The predicted molar refractivity (Wildman–Crippen MR) is 141 cm³/mol. The number of benzene rings is 3. The fourth-order valence-electron chi connectivity index (χ4n) is 3.59.